The molecule has 0 aliphatic rings. The van der Waals surface area contributed by atoms with E-state index in [4.69, 9.17) is 22.7 Å². The predicted molar refractivity (Wildman–Crippen MR) is 84.8 cm³/mol. The maximum Gasteiger partial charge on any atom is 0.275 e. The number of benzene rings is 2. The molecule has 0 saturated heterocycles. The number of nitrogens with zero attached hydrogens (tertiary/aromatic N) is 1. The molecule has 6 nitrogen and oxygen atoms in total. The van der Waals surface area contributed by atoms with Crippen molar-refractivity contribution in [2.75, 3.05) is 5.32 Å². The molecule has 0 spiro atoms. The lowest BCUT2D eigenvalue weighted by molar-refractivity contribution is -0.384. The van der Waals surface area contributed by atoms with Gasteiger partial charge in [-0.2, -0.15) is 0 Å². The van der Waals surface area contributed by atoms with Crippen LogP contribution < -0.4 is 15.8 Å². The summed E-state index contributed by atoms with van der Waals surface area (Å²) in [6.07, 6.45) is 0. The fourth-order valence-electron chi connectivity index (χ4n) is 1.76. The van der Waals surface area contributed by atoms with E-state index < -0.39 is 4.92 Å². The molecule has 0 saturated carbocycles. The number of non-ortho nitro benzene ring substituents is 1. The van der Waals surface area contributed by atoms with Crippen molar-refractivity contribution in [1.29, 1.82) is 0 Å². The molecule has 0 aliphatic heterocycles. The number of aryl methyl sites for hydroxylation is 1. The van der Waals surface area contributed by atoms with Crippen LogP contribution in [-0.4, -0.2) is 10.0 Å². The number of hydrogen-bond donors (Lipinski definition) is 2. The van der Waals surface area contributed by atoms with Crippen LogP contribution in [-0.2, 0) is 0 Å². The third kappa shape index (κ3) is 3.90. The topological polar surface area (TPSA) is 90.4 Å². The van der Waals surface area contributed by atoms with E-state index in [1.165, 1.54) is 12.1 Å². The molecule has 0 aliphatic carbocycles. The summed E-state index contributed by atoms with van der Waals surface area (Å²) < 4.78 is 5.69. The number of nitro groups is 1. The van der Waals surface area contributed by atoms with Gasteiger partial charge in [-0.3, -0.25) is 10.1 Å². The Morgan fingerprint density at radius 1 is 1.33 bits per heavy atom. The van der Waals surface area contributed by atoms with Crippen LogP contribution in [0, 0.1) is 17.0 Å². The highest BCUT2D eigenvalue weighted by atomic mass is 32.1. The lowest BCUT2D eigenvalue weighted by Gasteiger charge is -2.10. The number of hydrogen-bond acceptors (Lipinski definition) is 4. The Labute approximate surface area is 126 Å². The fourth-order valence-corrected chi connectivity index (χ4v) is 1.88. The monoisotopic (exact) mass is 303 g/mol. The van der Waals surface area contributed by atoms with Crippen molar-refractivity contribution >= 4 is 28.7 Å². The number of nitrogens with one attached hydrogen (secondary N) is 1. The number of para-hydroxylation sites is 1. The molecule has 0 unspecified atom stereocenters. The predicted octanol–water partition coefficient (Wildman–Crippen LogP) is 3.35. The lowest BCUT2D eigenvalue weighted by Crippen LogP contribution is -2.18. The van der Waals surface area contributed by atoms with E-state index in [0.29, 0.717) is 17.2 Å². The van der Waals surface area contributed by atoms with Crippen molar-refractivity contribution in [2.24, 2.45) is 5.73 Å². The summed E-state index contributed by atoms with van der Waals surface area (Å²) in [6, 6.07) is 11.7. The normalized spacial score (nSPS) is 9.95. The van der Waals surface area contributed by atoms with Gasteiger partial charge in [0, 0.05) is 12.1 Å². The van der Waals surface area contributed by atoms with Crippen molar-refractivity contribution in [3.63, 3.8) is 0 Å². The molecule has 7 heteroatoms. The fraction of sp³-hybridized carbons (Fsp3) is 0.0714. The molecule has 0 heterocycles. The average molecular weight is 303 g/mol. The summed E-state index contributed by atoms with van der Waals surface area (Å²) >= 11 is 4.74. The van der Waals surface area contributed by atoms with E-state index in [9.17, 15) is 10.1 Å². The Kier molecular flexibility index (Phi) is 4.34. The second kappa shape index (κ2) is 6.19. The molecule has 2 rings (SSSR count). The van der Waals surface area contributed by atoms with Gasteiger partial charge in [-0.1, -0.05) is 18.2 Å². The molecule has 0 aromatic heterocycles. The van der Waals surface area contributed by atoms with Gasteiger partial charge in [0.2, 0.25) is 0 Å². The maximum absolute atomic E-state index is 11.0. The van der Waals surface area contributed by atoms with Crippen LogP contribution in [0.25, 0.3) is 0 Å². The van der Waals surface area contributed by atoms with E-state index in [1.807, 2.05) is 25.1 Å². The number of nitro benzene ring substituents is 1. The van der Waals surface area contributed by atoms with E-state index in [1.54, 1.807) is 12.1 Å². The molecule has 0 radical (unpaired) electrons. The van der Waals surface area contributed by atoms with Crippen LogP contribution in [0.2, 0.25) is 0 Å². The Hall–Kier alpha value is -2.67. The molecular formula is C14H13N3O3S. The largest absolute Gasteiger partial charge is 0.457 e. The van der Waals surface area contributed by atoms with Crippen molar-refractivity contribution in [3.8, 4) is 11.5 Å². The minimum Gasteiger partial charge on any atom is -0.457 e. The second-order valence-electron chi connectivity index (χ2n) is 4.33. The summed E-state index contributed by atoms with van der Waals surface area (Å²) in [5, 5.41) is 13.7. The highest BCUT2D eigenvalue weighted by molar-refractivity contribution is 7.80. The molecular weight excluding hydrogens is 290 g/mol. The molecule has 0 amide bonds. The van der Waals surface area contributed by atoms with Crippen molar-refractivity contribution in [1.82, 2.24) is 0 Å². The first-order chi connectivity index (χ1) is 9.95. The molecule has 108 valence electrons. The Morgan fingerprint density at radius 3 is 2.67 bits per heavy atom. The van der Waals surface area contributed by atoms with Crippen LogP contribution in [0.5, 0.6) is 11.5 Å². The molecule has 21 heavy (non-hydrogen) atoms. The second-order valence-corrected chi connectivity index (χ2v) is 4.77. The van der Waals surface area contributed by atoms with Gasteiger partial charge in [0.25, 0.3) is 5.69 Å². The number of rotatable bonds is 4. The van der Waals surface area contributed by atoms with Crippen LogP contribution in [0.1, 0.15) is 5.56 Å². The van der Waals surface area contributed by atoms with Crippen molar-refractivity contribution in [3.05, 3.63) is 58.1 Å². The Bertz CT molecular complexity index is 704. The zero-order chi connectivity index (χ0) is 15.4. The van der Waals surface area contributed by atoms with Crippen LogP contribution >= 0.6 is 12.2 Å². The standard InChI is InChI=1S/C14H13N3O3S/c1-9-4-2-3-5-13(9)20-12-7-10(16-14(15)21)6-11(8-12)17(18)19/h2-8H,1H3,(H3,15,16,21). The van der Waals surface area contributed by atoms with E-state index >= 15 is 0 Å². The third-order valence-corrected chi connectivity index (χ3v) is 2.79. The summed E-state index contributed by atoms with van der Waals surface area (Å²) in [4.78, 5) is 10.5. The van der Waals surface area contributed by atoms with E-state index in [2.05, 4.69) is 5.32 Å². The van der Waals surface area contributed by atoms with Crippen LogP contribution in [0.3, 0.4) is 0 Å². The van der Waals surface area contributed by atoms with Gasteiger partial charge in [0.1, 0.15) is 11.5 Å². The zero-order valence-electron chi connectivity index (χ0n) is 11.2. The molecule has 3 N–H and O–H groups in total. The maximum atomic E-state index is 11.0. The van der Waals surface area contributed by atoms with Gasteiger partial charge in [-0.05, 0) is 30.8 Å². The Morgan fingerprint density at radius 2 is 2.05 bits per heavy atom. The number of anilines is 1. The van der Waals surface area contributed by atoms with Gasteiger partial charge < -0.3 is 15.8 Å². The lowest BCUT2D eigenvalue weighted by atomic mass is 10.2. The molecule has 0 atom stereocenters. The zero-order valence-corrected chi connectivity index (χ0v) is 12.0. The number of nitrogens with two attached hydrogens (primary N) is 1. The van der Waals surface area contributed by atoms with Crippen LogP contribution in [0.15, 0.2) is 42.5 Å². The van der Waals surface area contributed by atoms with Crippen molar-refractivity contribution < 1.29 is 9.66 Å². The van der Waals surface area contributed by atoms with Gasteiger partial charge >= 0.3 is 0 Å². The molecule has 2 aromatic carbocycles. The van der Waals surface area contributed by atoms with E-state index in [0.717, 1.165) is 5.56 Å². The van der Waals surface area contributed by atoms with Gasteiger partial charge in [0.05, 0.1) is 16.7 Å². The average Bonchev–Trinajstić information content (AvgIpc) is 2.40. The number of thiocarbonyl (C=S) groups is 1. The highest BCUT2D eigenvalue weighted by Crippen LogP contribution is 2.30. The summed E-state index contributed by atoms with van der Waals surface area (Å²) in [6.45, 7) is 1.89. The third-order valence-electron chi connectivity index (χ3n) is 2.69. The minimum absolute atomic E-state index is 0.0253. The minimum atomic E-state index is -0.505. The first-order valence-electron chi connectivity index (χ1n) is 6.05. The van der Waals surface area contributed by atoms with Crippen LogP contribution in [0.4, 0.5) is 11.4 Å². The highest BCUT2D eigenvalue weighted by Gasteiger charge is 2.12. The smallest absolute Gasteiger partial charge is 0.275 e. The first-order valence-corrected chi connectivity index (χ1v) is 6.46. The summed E-state index contributed by atoms with van der Waals surface area (Å²) in [5.41, 5.74) is 6.60. The quantitative estimate of drug-likeness (QED) is 0.511. The van der Waals surface area contributed by atoms with Gasteiger partial charge in [-0.25, -0.2) is 0 Å². The molecule has 0 fully saturated rings. The van der Waals surface area contributed by atoms with Crippen molar-refractivity contribution in [2.45, 2.75) is 6.92 Å². The molecule has 0 bridgehead atoms. The van der Waals surface area contributed by atoms with E-state index in [-0.39, 0.29) is 10.8 Å². The Balaban J connectivity index is 2.38. The summed E-state index contributed by atoms with van der Waals surface area (Å²) in [7, 11) is 0. The summed E-state index contributed by atoms with van der Waals surface area (Å²) in [5.74, 6) is 0.955. The van der Waals surface area contributed by atoms with Gasteiger partial charge in [0.15, 0.2) is 5.11 Å². The van der Waals surface area contributed by atoms with Gasteiger partial charge in [-0.15, -0.1) is 0 Å². The first kappa shape index (κ1) is 14.7. The number of ether oxygens (including phenoxy) is 1. The SMILES string of the molecule is Cc1ccccc1Oc1cc(NC(N)=S)cc([N+](=O)[O-])c1. The molecule has 2 aromatic rings.